The monoisotopic (exact) mass is 444 g/mol. The molecule has 2 aliphatic heterocycles. The number of nitrogens with zero attached hydrogens (tertiary/aromatic N) is 1. The number of rotatable bonds is 8. The number of likely N-dealkylation sites (tertiary alicyclic amines) is 1. The fraction of sp³-hybridized carbons (Fsp3) is 0.625. The summed E-state index contributed by atoms with van der Waals surface area (Å²) in [6, 6.07) is 7.49. The van der Waals surface area contributed by atoms with Crippen molar-refractivity contribution < 1.29 is 19.1 Å². The predicted molar refractivity (Wildman–Crippen MR) is 122 cm³/mol. The van der Waals surface area contributed by atoms with Crippen LogP contribution in [0.2, 0.25) is 0 Å². The van der Waals surface area contributed by atoms with Crippen LogP contribution in [0.1, 0.15) is 37.8 Å². The molecule has 7 heteroatoms. The first-order chi connectivity index (χ1) is 15.0. The van der Waals surface area contributed by atoms with Gasteiger partial charge in [0.2, 0.25) is 5.91 Å². The molecule has 2 heterocycles. The van der Waals surface area contributed by atoms with Crippen molar-refractivity contribution in [3.8, 4) is 0 Å². The maximum atomic E-state index is 13.6. The Morgan fingerprint density at radius 1 is 1.16 bits per heavy atom. The van der Waals surface area contributed by atoms with Crippen LogP contribution in [0.3, 0.4) is 0 Å². The molecule has 4 rings (SSSR count). The minimum absolute atomic E-state index is 0.0550. The lowest BCUT2D eigenvalue weighted by atomic mass is 9.85. The molecule has 0 spiro atoms. The van der Waals surface area contributed by atoms with Crippen LogP contribution in [-0.2, 0) is 31.9 Å². The molecule has 1 aromatic carbocycles. The number of fused-ring (bicyclic) bond motifs is 1. The Labute approximate surface area is 189 Å². The quantitative estimate of drug-likeness (QED) is 0.490. The van der Waals surface area contributed by atoms with Crippen molar-refractivity contribution in [3.63, 3.8) is 0 Å². The molecule has 2 saturated heterocycles. The van der Waals surface area contributed by atoms with E-state index in [2.05, 4.69) is 17.4 Å². The molecular formula is C24H32N2O4S. The van der Waals surface area contributed by atoms with Crippen LogP contribution in [0.4, 0.5) is 0 Å². The predicted octanol–water partition coefficient (Wildman–Crippen LogP) is 2.32. The molecule has 0 radical (unpaired) electrons. The summed E-state index contributed by atoms with van der Waals surface area (Å²) in [6.45, 7) is 6.00. The van der Waals surface area contributed by atoms with Crippen LogP contribution in [-0.4, -0.2) is 66.1 Å². The van der Waals surface area contributed by atoms with Gasteiger partial charge in [-0.15, -0.1) is 0 Å². The Balaban J connectivity index is 1.49. The Bertz CT molecular complexity index is 814. The van der Waals surface area contributed by atoms with E-state index in [4.69, 9.17) is 21.7 Å². The van der Waals surface area contributed by atoms with E-state index in [-0.39, 0.29) is 23.7 Å². The summed E-state index contributed by atoms with van der Waals surface area (Å²) in [5, 5.41) is 3.25. The van der Waals surface area contributed by atoms with Crippen molar-refractivity contribution in [2.75, 3.05) is 26.3 Å². The van der Waals surface area contributed by atoms with Gasteiger partial charge in [-0.05, 0) is 50.7 Å². The molecule has 168 valence electrons. The molecule has 31 heavy (non-hydrogen) atoms. The minimum atomic E-state index is -0.590. The first kappa shape index (κ1) is 22.5. The van der Waals surface area contributed by atoms with E-state index in [9.17, 15) is 9.59 Å². The van der Waals surface area contributed by atoms with Gasteiger partial charge in [0.1, 0.15) is 11.8 Å². The van der Waals surface area contributed by atoms with Crippen LogP contribution < -0.4 is 5.32 Å². The summed E-state index contributed by atoms with van der Waals surface area (Å²) in [5.74, 6) is -0.600. The molecule has 1 aromatic rings. The van der Waals surface area contributed by atoms with Crippen molar-refractivity contribution in [2.24, 2.45) is 11.8 Å². The maximum Gasteiger partial charge on any atom is 0.241 e. The molecule has 0 aromatic heterocycles. The average molecular weight is 445 g/mol. The van der Waals surface area contributed by atoms with E-state index in [0.717, 1.165) is 25.7 Å². The number of ketones is 1. The number of benzene rings is 1. The molecule has 1 aliphatic carbocycles. The summed E-state index contributed by atoms with van der Waals surface area (Å²) in [5.41, 5.74) is 2.47. The molecule has 0 bridgehead atoms. The van der Waals surface area contributed by atoms with Gasteiger partial charge in [0.25, 0.3) is 0 Å². The van der Waals surface area contributed by atoms with Crippen molar-refractivity contribution in [3.05, 3.63) is 35.4 Å². The average Bonchev–Trinajstić information content (AvgIpc) is 3.50. The van der Waals surface area contributed by atoms with Gasteiger partial charge >= 0.3 is 0 Å². The minimum Gasteiger partial charge on any atom is -0.351 e. The SMILES string of the molecule is CCOC(OCC)[C@@H]1CCCN1C(=O)[C@H]1NCC(=S)C1C(=O)C1Cc2ccccc2C1. The highest BCUT2D eigenvalue weighted by molar-refractivity contribution is 7.80. The lowest BCUT2D eigenvalue weighted by Gasteiger charge is -2.33. The largest absolute Gasteiger partial charge is 0.351 e. The van der Waals surface area contributed by atoms with Crippen molar-refractivity contribution >= 4 is 28.8 Å². The Kier molecular flexibility index (Phi) is 7.16. The fourth-order valence-electron chi connectivity index (χ4n) is 5.32. The summed E-state index contributed by atoms with van der Waals surface area (Å²) in [6.07, 6.45) is 2.77. The summed E-state index contributed by atoms with van der Waals surface area (Å²) >= 11 is 5.57. The number of hydrogen-bond acceptors (Lipinski definition) is 6. The van der Waals surface area contributed by atoms with E-state index in [1.54, 1.807) is 0 Å². The van der Waals surface area contributed by atoms with Crippen LogP contribution in [0.5, 0.6) is 0 Å². The first-order valence-corrected chi connectivity index (χ1v) is 11.9. The van der Waals surface area contributed by atoms with Crippen LogP contribution in [0.15, 0.2) is 24.3 Å². The molecule has 2 fully saturated rings. The molecule has 3 atom stereocenters. The Morgan fingerprint density at radius 2 is 1.81 bits per heavy atom. The van der Waals surface area contributed by atoms with E-state index in [1.807, 2.05) is 30.9 Å². The zero-order valence-corrected chi connectivity index (χ0v) is 19.2. The lowest BCUT2D eigenvalue weighted by Crippen LogP contribution is -2.53. The zero-order valence-electron chi connectivity index (χ0n) is 18.3. The topological polar surface area (TPSA) is 67.9 Å². The number of carbonyl (C=O) groups is 2. The third-order valence-corrected chi connectivity index (χ3v) is 7.16. The van der Waals surface area contributed by atoms with Crippen molar-refractivity contribution in [2.45, 2.75) is 57.9 Å². The molecule has 1 amide bonds. The van der Waals surface area contributed by atoms with Gasteiger partial charge in [-0.2, -0.15) is 0 Å². The van der Waals surface area contributed by atoms with Gasteiger partial charge in [0.15, 0.2) is 6.29 Å². The summed E-state index contributed by atoms with van der Waals surface area (Å²) in [4.78, 5) is 29.6. The standard InChI is InChI=1S/C24H32N2O4S/c1-3-29-24(30-4-2)18-10-7-11-26(18)23(28)21-20(19(31)14-25-21)22(27)17-12-15-8-5-6-9-16(15)13-17/h5-6,8-9,17-18,20-21,24-25H,3-4,7,10-14H2,1-2H3/t18-,20?,21-/m0/s1. The number of carbonyl (C=O) groups excluding carboxylic acids is 2. The van der Waals surface area contributed by atoms with E-state index in [1.165, 1.54) is 11.1 Å². The third-order valence-electron chi connectivity index (χ3n) is 6.76. The second-order valence-electron chi connectivity index (χ2n) is 8.60. The normalized spacial score (nSPS) is 26.1. The van der Waals surface area contributed by atoms with Gasteiger partial charge in [-0.3, -0.25) is 9.59 Å². The van der Waals surface area contributed by atoms with Gasteiger partial charge < -0.3 is 19.7 Å². The van der Waals surface area contributed by atoms with Gasteiger partial charge in [0, 0.05) is 37.1 Å². The number of ether oxygens (including phenoxy) is 2. The molecular weight excluding hydrogens is 412 g/mol. The molecule has 0 saturated carbocycles. The van der Waals surface area contributed by atoms with Crippen LogP contribution in [0.25, 0.3) is 0 Å². The van der Waals surface area contributed by atoms with Gasteiger partial charge in [-0.1, -0.05) is 36.5 Å². The highest BCUT2D eigenvalue weighted by Gasteiger charge is 2.48. The molecule has 1 N–H and O–H groups in total. The first-order valence-electron chi connectivity index (χ1n) is 11.4. The number of amides is 1. The summed E-state index contributed by atoms with van der Waals surface area (Å²) < 4.78 is 11.6. The molecule has 1 unspecified atom stereocenters. The smallest absolute Gasteiger partial charge is 0.241 e. The second-order valence-corrected chi connectivity index (χ2v) is 9.12. The van der Waals surface area contributed by atoms with Crippen LogP contribution >= 0.6 is 12.2 Å². The van der Waals surface area contributed by atoms with E-state index >= 15 is 0 Å². The third kappa shape index (κ3) is 4.46. The summed E-state index contributed by atoms with van der Waals surface area (Å²) in [7, 11) is 0. The molecule has 6 nitrogen and oxygen atoms in total. The van der Waals surface area contributed by atoms with Crippen molar-refractivity contribution in [1.29, 1.82) is 0 Å². The maximum absolute atomic E-state index is 13.6. The Hall–Kier alpha value is -1.67. The van der Waals surface area contributed by atoms with E-state index in [0.29, 0.717) is 31.2 Å². The van der Waals surface area contributed by atoms with Crippen LogP contribution in [0, 0.1) is 11.8 Å². The number of thiocarbonyl (C=S) groups is 1. The van der Waals surface area contributed by atoms with E-state index < -0.39 is 18.2 Å². The number of Topliss-reactive ketones (excluding diaryl/α,β-unsaturated/α-hetero) is 1. The fourth-order valence-corrected chi connectivity index (χ4v) is 5.65. The highest BCUT2D eigenvalue weighted by atomic mass is 32.1. The Morgan fingerprint density at radius 3 is 2.42 bits per heavy atom. The van der Waals surface area contributed by atoms with Gasteiger partial charge in [0.05, 0.1) is 12.0 Å². The zero-order chi connectivity index (χ0) is 22.0. The number of hydrogen-bond donors (Lipinski definition) is 1. The number of nitrogens with one attached hydrogen (secondary N) is 1. The lowest BCUT2D eigenvalue weighted by molar-refractivity contribution is -0.176. The van der Waals surface area contributed by atoms with Gasteiger partial charge in [-0.25, -0.2) is 0 Å². The highest BCUT2D eigenvalue weighted by Crippen LogP contribution is 2.33. The second kappa shape index (κ2) is 9.86. The molecule has 3 aliphatic rings. The van der Waals surface area contributed by atoms with Crippen molar-refractivity contribution in [1.82, 2.24) is 10.2 Å².